The summed E-state index contributed by atoms with van der Waals surface area (Å²) >= 11 is 0. The number of hydrogen-bond acceptors (Lipinski definition) is 1. The first kappa shape index (κ1) is 7.80. The van der Waals surface area contributed by atoms with Crippen LogP contribution in [0.5, 0.6) is 0 Å². The van der Waals surface area contributed by atoms with E-state index in [4.69, 9.17) is 0 Å². The summed E-state index contributed by atoms with van der Waals surface area (Å²) < 4.78 is 1.98. The van der Waals surface area contributed by atoms with E-state index in [-0.39, 0.29) is 0 Å². The second-order valence-electron chi connectivity index (χ2n) is 2.72. The van der Waals surface area contributed by atoms with Gasteiger partial charge in [-0.15, -0.1) is 0 Å². The fourth-order valence-electron chi connectivity index (χ4n) is 1.32. The molecule has 2 nitrogen and oxygen atoms in total. The molecule has 2 aromatic heterocycles. The zero-order valence-corrected chi connectivity index (χ0v) is 7.22. The first-order chi connectivity index (χ1) is 6.42. The van der Waals surface area contributed by atoms with Gasteiger partial charge in [0, 0.05) is 30.4 Å². The van der Waals surface area contributed by atoms with Gasteiger partial charge in [0.05, 0.1) is 5.69 Å². The van der Waals surface area contributed by atoms with E-state index in [9.17, 15) is 0 Å². The van der Waals surface area contributed by atoms with E-state index in [2.05, 4.69) is 17.6 Å². The Labute approximate surface area is 77.2 Å². The fourth-order valence-corrected chi connectivity index (χ4v) is 1.32. The highest BCUT2D eigenvalue weighted by molar-refractivity contribution is 5.61. The number of hydrogen-bond donors (Lipinski definition) is 0. The topological polar surface area (TPSA) is 17.8 Å². The van der Waals surface area contributed by atoms with E-state index >= 15 is 0 Å². The molecule has 0 amide bonds. The molecule has 0 aromatic carbocycles. The molecule has 13 heavy (non-hydrogen) atoms. The molecule has 0 fully saturated rings. The molecule has 0 bridgehead atoms. The Kier molecular flexibility index (Phi) is 1.96. The molecular weight excluding hydrogens is 160 g/mol. The highest BCUT2D eigenvalue weighted by Gasteiger charge is 1.99. The van der Waals surface area contributed by atoms with Crippen molar-refractivity contribution in [3.63, 3.8) is 0 Å². The molecule has 0 saturated carbocycles. The van der Waals surface area contributed by atoms with E-state index in [1.807, 2.05) is 29.0 Å². The van der Waals surface area contributed by atoms with Gasteiger partial charge in [0.1, 0.15) is 0 Å². The minimum Gasteiger partial charge on any atom is -0.324 e. The summed E-state index contributed by atoms with van der Waals surface area (Å²) in [6.07, 6.45) is 7.34. The van der Waals surface area contributed by atoms with Crippen LogP contribution in [-0.4, -0.2) is 9.55 Å². The Hall–Kier alpha value is -1.83. The van der Waals surface area contributed by atoms with Gasteiger partial charge in [-0.25, -0.2) is 0 Å². The van der Waals surface area contributed by atoms with E-state index in [1.165, 1.54) is 0 Å². The van der Waals surface area contributed by atoms with Crippen LogP contribution in [0.3, 0.4) is 0 Å². The zero-order chi connectivity index (χ0) is 9.10. The fraction of sp³-hybridized carbons (Fsp3) is 0. The third-order valence-electron chi connectivity index (χ3n) is 1.95. The Bertz CT molecular complexity index is 401. The van der Waals surface area contributed by atoms with Crippen LogP contribution in [0, 0.1) is 0 Å². The summed E-state index contributed by atoms with van der Waals surface area (Å²) in [5.41, 5.74) is 2.29. The highest BCUT2D eigenvalue weighted by atomic mass is 14.9. The Morgan fingerprint density at radius 2 is 2.00 bits per heavy atom. The van der Waals surface area contributed by atoms with Crippen LogP contribution < -0.4 is 0 Å². The molecule has 2 aromatic rings. The lowest BCUT2D eigenvalue weighted by Crippen LogP contribution is -1.86. The summed E-state index contributed by atoms with van der Waals surface area (Å²) in [5.74, 6) is 0. The van der Waals surface area contributed by atoms with Gasteiger partial charge in [0.2, 0.25) is 0 Å². The van der Waals surface area contributed by atoms with Crippen LogP contribution in [0.2, 0.25) is 0 Å². The lowest BCUT2D eigenvalue weighted by Gasteiger charge is -2.02. The smallest absolute Gasteiger partial charge is 0.0523 e. The van der Waals surface area contributed by atoms with E-state index in [0.29, 0.717) is 0 Å². The van der Waals surface area contributed by atoms with E-state index in [0.717, 1.165) is 11.3 Å². The molecule has 0 aliphatic heterocycles. The Morgan fingerprint density at radius 3 is 2.69 bits per heavy atom. The van der Waals surface area contributed by atoms with Crippen molar-refractivity contribution in [1.29, 1.82) is 0 Å². The highest BCUT2D eigenvalue weighted by Crippen LogP contribution is 2.18. The third-order valence-corrected chi connectivity index (χ3v) is 1.95. The lowest BCUT2D eigenvalue weighted by atomic mass is 10.2. The largest absolute Gasteiger partial charge is 0.324 e. The molecule has 0 aliphatic carbocycles. The Morgan fingerprint density at radius 1 is 1.23 bits per heavy atom. The minimum absolute atomic E-state index is 1.14. The average Bonchev–Trinajstić information content (AvgIpc) is 2.67. The summed E-state index contributed by atoms with van der Waals surface area (Å²) in [6, 6.07) is 8.01. The monoisotopic (exact) mass is 170 g/mol. The first-order valence-electron chi connectivity index (χ1n) is 4.11. The van der Waals surface area contributed by atoms with Crippen LogP contribution in [0.1, 0.15) is 0 Å². The second-order valence-corrected chi connectivity index (χ2v) is 2.72. The molecule has 0 saturated heterocycles. The van der Waals surface area contributed by atoms with Gasteiger partial charge in [-0.2, -0.15) is 0 Å². The molecule has 0 N–H and O–H groups in total. The summed E-state index contributed by atoms with van der Waals surface area (Å²) in [5, 5.41) is 0. The van der Waals surface area contributed by atoms with Gasteiger partial charge in [-0.3, -0.25) is 4.98 Å². The van der Waals surface area contributed by atoms with Gasteiger partial charge in [-0.1, -0.05) is 6.58 Å². The van der Waals surface area contributed by atoms with Crippen molar-refractivity contribution in [1.82, 2.24) is 9.55 Å². The van der Waals surface area contributed by atoms with Crippen LogP contribution in [0.4, 0.5) is 0 Å². The van der Waals surface area contributed by atoms with Crippen molar-refractivity contribution >= 4 is 6.20 Å². The van der Waals surface area contributed by atoms with E-state index in [1.54, 1.807) is 18.6 Å². The summed E-state index contributed by atoms with van der Waals surface area (Å²) in [6.45, 7) is 3.74. The lowest BCUT2D eigenvalue weighted by molar-refractivity contribution is 1.18. The zero-order valence-electron chi connectivity index (χ0n) is 7.22. The quantitative estimate of drug-likeness (QED) is 0.677. The molecule has 0 radical (unpaired) electrons. The second kappa shape index (κ2) is 3.27. The maximum Gasteiger partial charge on any atom is 0.0523 e. The molecule has 64 valence electrons. The van der Waals surface area contributed by atoms with Gasteiger partial charge >= 0.3 is 0 Å². The van der Waals surface area contributed by atoms with Crippen molar-refractivity contribution in [2.75, 3.05) is 0 Å². The van der Waals surface area contributed by atoms with Crippen LogP contribution in [0.25, 0.3) is 17.5 Å². The van der Waals surface area contributed by atoms with Crippen molar-refractivity contribution < 1.29 is 0 Å². The molecule has 2 heteroatoms. The normalized spacial score (nSPS) is 9.85. The number of rotatable bonds is 2. The van der Waals surface area contributed by atoms with Crippen molar-refractivity contribution in [2.24, 2.45) is 0 Å². The summed E-state index contributed by atoms with van der Waals surface area (Å²) in [4.78, 5) is 3.98. The first-order valence-corrected chi connectivity index (χ1v) is 4.11. The number of nitrogens with zero attached hydrogens (tertiary/aromatic N) is 2. The van der Waals surface area contributed by atoms with Gasteiger partial charge in [-0.05, 0) is 24.3 Å². The van der Waals surface area contributed by atoms with Crippen LogP contribution in [0.15, 0.2) is 49.4 Å². The SMILES string of the molecule is C=Cn1cccc1-c1ccncc1. The average molecular weight is 170 g/mol. The Balaban J connectivity index is 2.52. The van der Waals surface area contributed by atoms with E-state index < -0.39 is 0 Å². The summed E-state index contributed by atoms with van der Waals surface area (Å²) in [7, 11) is 0. The molecule has 0 unspecified atom stereocenters. The maximum absolute atomic E-state index is 3.98. The third kappa shape index (κ3) is 1.38. The minimum atomic E-state index is 1.14. The van der Waals surface area contributed by atoms with Gasteiger partial charge in [0.15, 0.2) is 0 Å². The van der Waals surface area contributed by atoms with Crippen molar-refractivity contribution in [2.45, 2.75) is 0 Å². The predicted molar refractivity (Wildman–Crippen MR) is 54.1 cm³/mol. The molecule has 2 rings (SSSR count). The standard InChI is InChI=1S/C11H10N2/c1-2-13-9-3-4-11(13)10-5-7-12-8-6-10/h2-9H,1H2. The van der Waals surface area contributed by atoms with Crippen molar-refractivity contribution in [3.05, 3.63) is 49.4 Å². The van der Waals surface area contributed by atoms with Gasteiger partial charge < -0.3 is 4.57 Å². The molecule has 0 aliphatic rings. The molecular formula is C11H10N2. The maximum atomic E-state index is 3.98. The molecule has 0 spiro atoms. The van der Waals surface area contributed by atoms with Gasteiger partial charge in [0.25, 0.3) is 0 Å². The van der Waals surface area contributed by atoms with Crippen LogP contribution >= 0.6 is 0 Å². The predicted octanol–water partition coefficient (Wildman–Crippen LogP) is 2.65. The molecule has 2 heterocycles. The van der Waals surface area contributed by atoms with Crippen molar-refractivity contribution in [3.8, 4) is 11.3 Å². The number of pyridine rings is 1. The van der Waals surface area contributed by atoms with Crippen LogP contribution in [-0.2, 0) is 0 Å². The molecule has 0 atom stereocenters. The number of aromatic nitrogens is 2.